The second-order valence-electron chi connectivity index (χ2n) is 5.36. The number of benzene rings is 1. The van der Waals surface area contributed by atoms with Gasteiger partial charge in [-0.15, -0.1) is 11.3 Å². The fraction of sp³-hybridized carbons (Fsp3) is 0.400. The highest BCUT2D eigenvalue weighted by Crippen LogP contribution is 2.47. The number of aryl methyl sites for hydroxylation is 1. The average molecular weight is 273 g/mol. The zero-order chi connectivity index (χ0) is 13.3. The molecule has 0 atom stereocenters. The van der Waals surface area contributed by atoms with E-state index in [1.165, 1.54) is 18.4 Å². The predicted molar refractivity (Wildman–Crippen MR) is 80.3 cm³/mol. The van der Waals surface area contributed by atoms with E-state index in [9.17, 15) is 0 Å². The third-order valence-electron chi connectivity index (χ3n) is 3.81. The zero-order valence-corrected chi connectivity index (χ0v) is 12.0. The van der Waals surface area contributed by atoms with Crippen molar-refractivity contribution in [3.8, 4) is 0 Å². The van der Waals surface area contributed by atoms with Crippen molar-refractivity contribution in [2.75, 3.05) is 12.3 Å². The Labute approximate surface area is 117 Å². The molecule has 1 aliphatic rings. The van der Waals surface area contributed by atoms with Crippen molar-refractivity contribution in [2.24, 2.45) is 0 Å². The molecule has 0 saturated heterocycles. The Balaban J connectivity index is 1.59. The molecule has 0 bridgehead atoms. The number of nitrogens with one attached hydrogen (secondary N) is 1. The van der Waals surface area contributed by atoms with E-state index in [-0.39, 0.29) is 0 Å². The zero-order valence-electron chi connectivity index (χ0n) is 11.1. The van der Waals surface area contributed by atoms with E-state index in [2.05, 4.69) is 27.8 Å². The number of hydrogen-bond donors (Lipinski definition) is 2. The van der Waals surface area contributed by atoms with Crippen molar-refractivity contribution in [1.29, 1.82) is 0 Å². The van der Waals surface area contributed by atoms with Gasteiger partial charge in [-0.05, 0) is 37.5 Å². The molecular formula is C15H19N3S. The first-order valence-electron chi connectivity index (χ1n) is 6.66. The normalized spacial score (nSPS) is 16.5. The summed E-state index contributed by atoms with van der Waals surface area (Å²) in [6.45, 7) is 3.93. The Bertz CT molecular complexity index is 555. The molecule has 1 saturated carbocycles. The Morgan fingerprint density at radius 2 is 2.05 bits per heavy atom. The van der Waals surface area contributed by atoms with Crippen LogP contribution in [0.25, 0.3) is 0 Å². The van der Waals surface area contributed by atoms with Crippen molar-refractivity contribution in [3.63, 3.8) is 0 Å². The highest BCUT2D eigenvalue weighted by molar-refractivity contribution is 7.09. The van der Waals surface area contributed by atoms with E-state index in [4.69, 9.17) is 5.73 Å². The molecule has 19 heavy (non-hydrogen) atoms. The quantitative estimate of drug-likeness (QED) is 0.824. The SMILES string of the molecule is Cc1nc(CNCC2(c3ccc(N)cc3)CC2)cs1. The summed E-state index contributed by atoms with van der Waals surface area (Å²) in [5, 5.41) is 6.81. The predicted octanol–water partition coefficient (Wildman–Crippen LogP) is 2.86. The second kappa shape index (κ2) is 4.94. The molecule has 2 aromatic rings. The molecule has 1 aliphatic carbocycles. The van der Waals surface area contributed by atoms with Gasteiger partial charge in [-0.25, -0.2) is 4.98 Å². The number of nitrogens with two attached hydrogens (primary N) is 1. The molecular weight excluding hydrogens is 254 g/mol. The first kappa shape index (κ1) is 12.6. The average Bonchev–Trinajstić information content (AvgIpc) is 3.07. The van der Waals surface area contributed by atoms with Gasteiger partial charge in [0.25, 0.3) is 0 Å². The molecule has 0 radical (unpaired) electrons. The number of anilines is 1. The standard InChI is InChI=1S/C15H19N3S/c1-11-18-14(9-19-11)8-17-10-15(6-7-15)12-2-4-13(16)5-3-12/h2-5,9,17H,6-8,10,16H2,1H3. The van der Waals surface area contributed by atoms with Crippen LogP contribution in [0, 0.1) is 6.92 Å². The first-order valence-corrected chi connectivity index (χ1v) is 7.54. The van der Waals surface area contributed by atoms with Crippen LogP contribution in [-0.4, -0.2) is 11.5 Å². The molecule has 3 nitrogen and oxygen atoms in total. The summed E-state index contributed by atoms with van der Waals surface area (Å²) in [6, 6.07) is 8.33. The van der Waals surface area contributed by atoms with Crippen LogP contribution in [0.2, 0.25) is 0 Å². The summed E-state index contributed by atoms with van der Waals surface area (Å²) in [6.07, 6.45) is 2.53. The lowest BCUT2D eigenvalue weighted by Gasteiger charge is -2.16. The first-order chi connectivity index (χ1) is 9.18. The Kier molecular flexibility index (Phi) is 3.29. The topological polar surface area (TPSA) is 50.9 Å². The Morgan fingerprint density at radius 1 is 1.32 bits per heavy atom. The molecule has 0 unspecified atom stereocenters. The van der Waals surface area contributed by atoms with Gasteiger partial charge in [0.15, 0.2) is 0 Å². The minimum absolute atomic E-state index is 0.332. The molecule has 3 N–H and O–H groups in total. The van der Waals surface area contributed by atoms with E-state index in [0.717, 1.165) is 29.5 Å². The largest absolute Gasteiger partial charge is 0.399 e. The number of thiazole rings is 1. The van der Waals surface area contributed by atoms with Crippen LogP contribution in [0.5, 0.6) is 0 Å². The minimum atomic E-state index is 0.332. The molecule has 1 fully saturated rings. The fourth-order valence-corrected chi connectivity index (χ4v) is 3.09. The number of nitrogens with zero attached hydrogens (tertiary/aromatic N) is 1. The summed E-state index contributed by atoms with van der Waals surface area (Å²) < 4.78 is 0. The van der Waals surface area contributed by atoms with Gasteiger partial charge in [-0.3, -0.25) is 0 Å². The second-order valence-corrected chi connectivity index (χ2v) is 6.43. The van der Waals surface area contributed by atoms with Gasteiger partial charge in [0.1, 0.15) is 0 Å². The lowest BCUT2D eigenvalue weighted by molar-refractivity contribution is 0.570. The molecule has 0 spiro atoms. The van der Waals surface area contributed by atoms with Crippen LogP contribution in [0.3, 0.4) is 0 Å². The monoisotopic (exact) mass is 273 g/mol. The van der Waals surface area contributed by atoms with Crippen LogP contribution in [0.1, 0.15) is 29.1 Å². The summed E-state index contributed by atoms with van der Waals surface area (Å²) in [5.41, 5.74) is 9.47. The third kappa shape index (κ3) is 2.80. The minimum Gasteiger partial charge on any atom is -0.399 e. The smallest absolute Gasteiger partial charge is 0.0897 e. The van der Waals surface area contributed by atoms with Gasteiger partial charge in [-0.1, -0.05) is 12.1 Å². The fourth-order valence-electron chi connectivity index (χ4n) is 2.47. The lowest BCUT2D eigenvalue weighted by atomic mass is 9.96. The van der Waals surface area contributed by atoms with Crippen LogP contribution >= 0.6 is 11.3 Å². The highest BCUT2D eigenvalue weighted by Gasteiger charge is 2.43. The molecule has 0 amide bonds. The van der Waals surface area contributed by atoms with Gasteiger partial charge in [-0.2, -0.15) is 0 Å². The van der Waals surface area contributed by atoms with Crippen LogP contribution in [0.4, 0.5) is 5.69 Å². The number of rotatable bonds is 5. The lowest BCUT2D eigenvalue weighted by Crippen LogP contribution is -2.26. The van der Waals surface area contributed by atoms with Crippen molar-refractivity contribution < 1.29 is 0 Å². The summed E-state index contributed by atoms with van der Waals surface area (Å²) >= 11 is 1.71. The van der Waals surface area contributed by atoms with Gasteiger partial charge >= 0.3 is 0 Å². The van der Waals surface area contributed by atoms with Crippen LogP contribution < -0.4 is 11.1 Å². The van der Waals surface area contributed by atoms with Crippen molar-refractivity contribution in [3.05, 3.63) is 45.9 Å². The van der Waals surface area contributed by atoms with Crippen LogP contribution in [-0.2, 0) is 12.0 Å². The Hall–Kier alpha value is -1.39. The van der Waals surface area contributed by atoms with Crippen molar-refractivity contribution in [1.82, 2.24) is 10.3 Å². The molecule has 1 aromatic heterocycles. The van der Waals surface area contributed by atoms with E-state index >= 15 is 0 Å². The van der Waals surface area contributed by atoms with Crippen molar-refractivity contribution in [2.45, 2.75) is 31.7 Å². The maximum absolute atomic E-state index is 5.75. The molecule has 100 valence electrons. The van der Waals surface area contributed by atoms with Gasteiger partial charge in [0.05, 0.1) is 10.7 Å². The summed E-state index contributed by atoms with van der Waals surface area (Å²) in [7, 11) is 0. The maximum atomic E-state index is 5.75. The number of hydrogen-bond acceptors (Lipinski definition) is 4. The van der Waals surface area contributed by atoms with Crippen LogP contribution in [0.15, 0.2) is 29.6 Å². The van der Waals surface area contributed by atoms with E-state index in [1.807, 2.05) is 19.1 Å². The molecule has 0 aliphatic heterocycles. The third-order valence-corrected chi connectivity index (χ3v) is 4.64. The molecule has 1 heterocycles. The number of nitrogen functional groups attached to an aromatic ring is 1. The molecule has 3 rings (SSSR count). The molecule has 1 aromatic carbocycles. The van der Waals surface area contributed by atoms with E-state index in [1.54, 1.807) is 11.3 Å². The molecule has 4 heteroatoms. The summed E-state index contributed by atoms with van der Waals surface area (Å²) in [5.74, 6) is 0. The van der Waals surface area contributed by atoms with E-state index < -0.39 is 0 Å². The van der Waals surface area contributed by atoms with Crippen molar-refractivity contribution >= 4 is 17.0 Å². The summed E-state index contributed by atoms with van der Waals surface area (Å²) in [4.78, 5) is 4.47. The van der Waals surface area contributed by atoms with E-state index in [0.29, 0.717) is 5.41 Å². The number of aromatic nitrogens is 1. The highest BCUT2D eigenvalue weighted by atomic mass is 32.1. The maximum Gasteiger partial charge on any atom is 0.0897 e. The van der Waals surface area contributed by atoms with Gasteiger partial charge < -0.3 is 11.1 Å². The Morgan fingerprint density at radius 3 is 2.63 bits per heavy atom. The van der Waals surface area contributed by atoms with Gasteiger partial charge in [0, 0.05) is 29.6 Å². The van der Waals surface area contributed by atoms with Gasteiger partial charge in [0.2, 0.25) is 0 Å².